The average molecular weight is 279 g/mol. The molecule has 0 radical (unpaired) electrons. The first-order valence-corrected chi connectivity index (χ1v) is 7.21. The summed E-state index contributed by atoms with van der Waals surface area (Å²) in [6.07, 6.45) is 5.92. The van der Waals surface area contributed by atoms with E-state index >= 15 is 0 Å². The van der Waals surface area contributed by atoms with Gasteiger partial charge in [0.1, 0.15) is 0 Å². The van der Waals surface area contributed by atoms with Crippen LogP contribution in [0.3, 0.4) is 0 Å². The number of ether oxygens (including phenoxy) is 1. The van der Waals surface area contributed by atoms with Crippen LogP contribution >= 0.6 is 0 Å². The second kappa shape index (κ2) is 6.35. The Labute approximate surface area is 119 Å². The van der Waals surface area contributed by atoms with Crippen molar-refractivity contribution in [1.82, 2.24) is 0 Å². The van der Waals surface area contributed by atoms with E-state index in [0.717, 1.165) is 38.5 Å². The Morgan fingerprint density at radius 3 is 2.45 bits per heavy atom. The highest BCUT2D eigenvalue weighted by Gasteiger charge is 2.37. The van der Waals surface area contributed by atoms with Gasteiger partial charge in [-0.15, -0.1) is 0 Å². The second-order valence-corrected chi connectivity index (χ2v) is 5.58. The summed E-state index contributed by atoms with van der Waals surface area (Å²) in [5.74, 6) is -0.369. The predicted molar refractivity (Wildman–Crippen MR) is 76.5 cm³/mol. The molecule has 20 heavy (non-hydrogen) atoms. The maximum atomic E-state index is 13.8. The molecule has 0 atom stereocenters. The van der Waals surface area contributed by atoms with Gasteiger partial charge in [-0.3, -0.25) is 4.79 Å². The highest BCUT2D eigenvalue weighted by Crippen LogP contribution is 2.37. The Bertz CT molecular complexity index is 479. The summed E-state index contributed by atoms with van der Waals surface area (Å²) in [6.45, 7) is 0.333. The summed E-state index contributed by atoms with van der Waals surface area (Å²) in [7, 11) is 1.41. The number of halogens is 1. The van der Waals surface area contributed by atoms with E-state index in [2.05, 4.69) is 0 Å². The lowest BCUT2D eigenvalue weighted by Crippen LogP contribution is -2.38. The van der Waals surface area contributed by atoms with Gasteiger partial charge >= 0.3 is 0 Å². The van der Waals surface area contributed by atoms with Crippen molar-refractivity contribution in [3.05, 3.63) is 29.6 Å². The topological polar surface area (TPSA) is 52.3 Å². The van der Waals surface area contributed by atoms with E-state index in [0.29, 0.717) is 12.1 Å². The number of hydrogen-bond acceptors (Lipinski definition) is 3. The fraction of sp³-hybridized carbons (Fsp3) is 0.562. The molecule has 0 bridgehead atoms. The molecule has 0 spiro atoms. The van der Waals surface area contributed by atoms with Crippen LogP contribution in [-0.2, 0) is 0 Å². The fourth-order valence-corrected chi connectivity index (χ4v) is 3.04. The largest absolute Gasteiger partial charge is 0.494 e. The maximum Gasteiger partial charge on any atom is 0.170 e. The van der Waals surface area contributed by atoms with Gasteiger partial charge in [0.05, 0.1) is 7.11 Å². The number of carbonyl (C=O) groups is 1. The minimum atomic E-state index is -0.516. The van der Waals surface area contributed by atoms with Gasteiger partial charge < -0.3 is 10.5 Å². The van der Waals surface area contributed by atoms with Crippen LogP contribution in [0.5, 0.6) is 5.75 Å². The number of carbonyl (C=O) groups excluding carboxylic acids is 1. The number of benzene rings is 1. The maximum absolute atomic E-state index is 13.8. The van der Waals surface area contributed by atoms with Gasteiger partial charge in [-0.05, 0) is 31.0 Å². The fourth-order valence-electron chi connectivity index (χ4n) is 3.04. The molecule has 110 valence electrons. The molecule has 0 amide bonds. The molecule has 1 aliphatic rings. The first-order chi connectivity index (χ1) is 9.63. The van der Waals surface area contributed by atoms with Crippen molar-refractivity contribution in [3.63, 3.8) is 0 Å². The van der Waals surface area contributed by atoms with Gasteiger partial charge in [-0.2, -0.15) is 0 Å². The molecular weight excluding hydrogens is 257 g/mol. The summed E-state index contributed by atoms with van der Waals surface area (Å²) in [5, 5.41) is 0. The van der Waals surface area contributed by atoms with Crippen LogP contribution in [0.15, 0.2) is 18.2 Å². The van der Waals surface area contributed by atoms with Gasteiger partial charge in [0.25, 0.3) is 0 Å². The number of rotatable bonds is 4. The molecular formula is C16H22FNO2. The molecule has 3 nitrogen and oxygen atoms in total. The minimum absolute atomic E-state index is 0.0246. The third-order valence-electron chi connectivity index (χ3n) is 4.35. The van der Waals surface area contributed by atoms with Crippen molar-refractivity contribution >= 4 is 5.78 Å². The van der Waals surface area contributed by atoms with Gasteiger partial charge in [-0.1, -0.05) is 25.7 Å². The van der Waals surface area contributed by atoms with Crippen molar-refractivity contribution in [2.75, 3.05) is 13.7 Å². The number of ketones is 1. The Balaban J connectivity index is 2.30. The molecule has 1 aromatic carbocycles. The van der Waals surface area contributed by atoms with Crippen molar-refractivity contribution in [3.8, 4) is 5.75 Å². The van der Waals surface area contributed by atoms with E-state index < -0.39 is 11.2 Å². The standard InChI is InChI=1S/C16H22FNO2/c1-20-14-7-6-12(10-13(14)17)15(19)16(11-18)8-4-2-3-5-9-16/h6-7,10H,2-5,8-9,11,18H2,1H3. The van der Waals surface area contributed by atoms with Crippen LogP contribution in [-0.4, -0.2) is 19.4 Å². The summed E-state index contributed by atoms with van der Waals surface area (Å²) in [6, 6.07) is 4.40. The van der Waals surface area contributed by atoms with E-state index in [4.69, 9.17) is 10.5 Å². The number of Topliss-reactive ketones (excluding diaryl/α,β-unsaturated/α-hetero) is 1. The molecule has 0 heterocycles. The van der Waals surface area contributed by atoms with Gasteiger partial charge in [0.2, 0.25) is 0 Å². The zero-order chi connectivity index (χ0) is 14.6. The Kier molecular flexibility index (Phi) is 4.76. The molecule has 1 fully saturated rings. The van der Waals surface area contributed by atoms with Gasteiger partial charge in [-0.25, -0.2) is 4.39 Å². The molecule has 4 heteroatoms. The molecule has 1 saturated carbocycles. The van der Waals surface area contributed by atoms with Gasteiger partial charge in [0.15, 0.2) is 17.3 Å². The van der Waals surface area contributed by atoms with E-state index in [-0.39, 0.29) is 11.5 Å². The van der Waals surface area contributed by atoms with Crippen LogP contribution in [0.4, 0.5) is 4.39 Å². The van der Waals surface area contributed by atoms with E-state index in [1.54, 1.807) is 6.07 Å². The number of nitrogens with two attached hydrogens (primary N) is 1. The molecule has 0 aromatic heterocycles. The molecule has 2 N–H and O–H groups in total. The van der Waals surface area contributed by atoms with E-state index in [9.17, 15) is 9.18 Å². The first-order valence-electron chi connectivity index (χ1n) is 7.21. The van der Waals surface area contributed by atoms with Gasteiger partial charge in [0, 0.05) is 17.5 Å². The molecule has 0 unspecified atom stereocenters. The predicted octanol–water partition coefficient (Wildman–Crippen LogP) is 3.32. The smallest absolute Gasteiger partial charge is 0.170 e. The summed E-state index contributed by atoms with van der Waals surface area (Å²) in [5.41, 5.74) is 5.78. The van der Waals surface area contributed by atoms with Crippen molar-refractivity contribution in [1.29, 1.82) is 0 Å². The SMILES string of the molecule is COc1ccc(C(=O)C2(CN)CCCCCC2)cc1F. The minimum Gasteiger partial charge on any atom is -0.494 e. The summed E-state index contributed by atoms with van der Waals surface area (Å²) in [4.78, 5) is 12.8. The number of methoxy groups -OCH3 is 1. The quantitative estimate of drug-likeness (QED) is 0.679. The lowest BCUT2D eigenvalue weighted by atomic mass is 9.74. The van der Waals surface area contributed by atoms with Crippen LogP contribution in [0.25, 0.3) is 0 Å². The molecule has 0 saturated heterocycles. The second-order valence-electron chi connectivity index (χ2n) is 5.58. The highest BCUT2D eigenvalue weighted by atomic mass is 19.1. The third-order valence-corrected chi connectivity index (χ3v) is 4.35. The Morgan fingerprint density at radius 2 is 1.95 bits per heavy atom. The van der Waals surface area contributed by atoms with Crippen LogP contribution in [0.1, 0.15) is 48.9 Å². The first kappa shape index (κ1) is 15.0. The normalized spacial score (nSPS) is 18.4. The van der Waals surface area contributed by atoms with Crippen molar-refractivity contribution < 1.29 is 13.9 Å². The number of hydrogen-bond donors (Lipinski definition) is 1. The molecule has 1 aliphatic carbocycles. The lowest BCUT2D eigenvalue weighted by molar-refractivity contribution is 0.0773. The highest BCUT2D eigenvalue weighted by molar-refractivity contribution is 6.00. The third kappa shape index (κ3) is 2.85. The molecule has 2 rings (SSSR count). The van der Waals surface area contributed by atoms with E-state index in [1.165, 1.54) is 19.2 Å². The Morgan fingerprint density at radius 1 is 1.30 bits per heavy atom. The van der Waals surface area contributed by atoms with Crippen molar-refractivity contribution in [2.45, 2.75) is 38.5 Å². The van der Waals surface area contributed by atoms with Crippen LogP contribution < -0.4 is 10.5 Å². The molecule has 0 aliphatic heterocycles. The lowest BCUT2D eigenvalue weighted by Gasteiger charge is -2.29. The summed E-state index contributed by atoms with van der Waals surface area (Å²) < 4.78 is 18.7. The summed E-state index contributed by atoms with van der Waals surface area (Å²) >= 11 is 0. The monoisotopic (exact) mass is 279 g/mol. The van der Waals surface area contributed by atoms with Crippen LogP contribution in [0, 0.1) is 11.2 Å². The van der Waals surface area contributed by atoms with Crippen molar-refractivity contribution in [2.24, 2.45) is 11.1 Å². The van der Waals surface area contributed by atoms with E-state index in [1.807, 2.05) is 0 Å². The molecule has 1 aromatic rings. The Hall–Kier alpha value is -1.42. The van der Waals surface area contributed by atoms with Crippen LogP contribution in [0.2, 0.25) is 0 Å². The zero-order valence-electron chi connectivity index (χ0n) is 12.0. The zero-order valence-corrected chi connectivity index (χ0v) is 12.0. The average Bonchev–Trinajstić information content (AvgIpc) is 2.72.